The Bertz CT molecular complexity index is 613. The van der Waals surface area contributed by atoms with Crippen molar-refractivity contribution in [1.82, 2.24) is 4.90 Å². The fourth-order valence-corrected chi connectivity index (χ4v) is 2.35. The molecule has 1 atom stereocenters. The fourth-order valence-electron chi connectivity index (χ4n) is 2.35. The van der Waals surface area contributed by atoms with Crippen molar-refractivity contribution in [2.45, 2.75) is 6.23 Å². The van der Waals surface area contributed by atoms with Gasteiger partial charge in [-0.1, -0.05) is 42.5 Å². The molecule has 1 aliphatic heterocycles. The van der Waals surface area contributed by atoms with Crippen LogP contribution < -0.4 is 9.47 Å². The molecule has 0 saturated carbocycles. The number of aliphatic imine (C=N–C) groups is 1. The van der Waals surface area contributed by atoms with E-state index in [9.17, 15) is 0 Å². The molecule has 0 aromatic heterocycles. The summed E-state index contributed by atoms with van der Waals surface area (Å²) in [6.45, 7) is 1.66. The second-order valence-electron chi connectivity index (χ2n) is 4.79. The van der Waals surface area contributed by atoms with Gasteiger partial charge in [-0.2, -0.15) is 0 Å². The lowest BCUT2D eigenvalue weighted by atomic mass is 10.2. The number of ether oxygens (including phenoxy) is 2. The lowest BCUT2D eigenvalue weighted by Crippen LogP contribution is -2.30. The summed E-state index contributed by atoms with van der Waals surface area (Å²) < 4.78 is 11.6. The molecule has 4 nitrogen and oxygen atoms in total. The topological polar surface area (TPSA) is 34.1 Å². The van der Waals surface area contributed by atoms with Gasteiger partial charge in [0.15, 0.2) is 17.7 Å². The van der Waals surface area contributed by atoms with Crippen LogP contribution in [0.1, 0.15) is 11.8 Å². The number of hydrogen-bond acceptors (Lipinski definition) is 4. The third-order valence-electron chi connectivity index (χ3n) is 3.41. The van der Waals surface area contributed by atoms with Crippen LogP contribution in [0.2, 0.25) is 0 Å². The van der Waals surface area contributed by atoms with E-state index in [1.54, 1.807) is 7.11 Å². The summed E-state index contributed by atoms with van der Waals surface area (Å²) in [5, 5.41) is 0. The molecule has 0 spiro atoms. The zero-order chi connectivity index (χ0) is 14.5. The number of benzene rings is 2. The van der Waals surface area contributed by atoms with E-state index >= 15 is 0 Å². The second-order valence-corrected chi connectivity index (χ2v) is 4.79. The molecule has 21 heavy (non-hydrogen) atoms. The molecule has 0 saturated heterocycles. The third-order valence-corrected chi connectivity index (χ3v) is 3.41. The minimum Gasteiger partial charge on any atom is -0.493 e. The van der Waals surface area contributed by atoms with Gasteiger partial charge in [-0.05, 0) is 12.1 Å². The van der Waals surface area contributed by atoms with Crippen LogP contribution in [0.3, 0.4) is 0 Å². The van der Waals surface area contributed by atoms with Gasteiger partial charge in [-0.25, -0.2) is 0 Å². The highest BCUT2D eigenvalue weighted by Gasteiger charge is 2.23. The van der Waals surface area contributed by atoms with Crippen molar-refractivity contribution in [1.29, 1.82) is 0 Å². The van der Waals surface area contributed by atoms with Crippen molar-refractivity contribution in [2.75, 3.05) is 20.2 Å². The Hall–Kier alpha value is -2.49. The Balaban J connectivity index is 1.90. The van der Waals surface area contributed by atoms with Gasteiger partial charge in [0.2, 0.25) is 0 Å². The zero-order valence-electron chi connectivity index (χ0n) is 12.0. The van der Waals surface area contributed by atoms with E-state index in [0.717, 1.165) is 30.2 Å². The molecule has 0 amide bonds. The molecule has 108 valence electrons. The molecule has 1 heterocycles. The number of nitrogens with zero attached hydrogens (tertiary/aromatic N) is 2. The normalized spacial score (nSPS) is 15.0. The molecular formula is C17H18N2O2. The van der Waals surface area contributed by atoms with Crippen molar-refractivity contribution in [3.8, 4) is 11.5 Å². The molecule has 2 aromatic carbocycles. The maximum absolute atomic E-state index is 6.22. The maximum atomic E-state index is 6.22. The highest BCUT2D eigenvalue weighted by molar-refractivity contribution is 5.58. The number of methoxy groups -OCH3 is 1. The van der Waals surface area contributed by atoms with Gasteiger partial charge < -0.3 is 14.4 Å². The Labute approximate surface area is 124 Å². The molecular weight excluding hydrogens is 264 g/mol. The summed E-state index contributed by atoms with van der Waals surface area (Å²) in [5.41, 5.74) is 1.09. The molecule has 0 radical (unpaired) electrons. The third kappa shape index (κ3) is 2.99. The van der Waals surface area contributed by atoms with Gasteiger partial charge in [0.1, 0.15) is 0 Å². The zero-order valence-corrected chi connectivity index (χ0v) is 12.0. The predicted octanol–water partition coefficient (Wildman–Crippen LogP) is 3.12. The summed E-state index contributed by atoms with van der Waals surface area (Å²) in [6, 6.07) is 17.8. The quantitative estimate of drug-likeness (QED) is 0.845. The highest BCUT2D eigenvalue weighted by atomic mass is 16.5. The predicted molar refractivity (Wildman–Crippen MR) is 82.9 cm³/mol. The Kier molecular flexibility index (Phi) is 4.05. The first-order chi connectivity index (χ1) is 10.4. The van der Waals surface area contributed by atoms with E-state index in [1.165, 1.54) is 0 Å². The average molecular weight is 282 g/mol. The summed E-state index contributed by atoms with van der Waals surface area (Å²) in [4.78, 5) is 6.38. The van der Waals surface area contributed by atoms with Crippen molar-refractivity contribution >= 4 is 6.34 Å². The minimum absolute atomic E-state index is 0.200. The van der Waals surface area contributed by atoms with Gasteiger partial charge in [-0.15, -0.1) is 0 Å². The van der Waals surface area contributed by atoms with Crippen LogP contribution in [0.25, 0.3) is 0 Å². The molecule has 0 aliphatic carbocycles. The SMILES string of the molecule is COc1ccccc1OC(c1ccccc1)N1C=NCC1. The molecule has 2 aromatic rings. The molecule has 0 bridgehead atoms. The molecule has 4 heteroatoms. The lowest BCUT2D eigenvalue weighted by Gasteiger charge is -2.28. The van der Waals surface area contributed by atoms with Gasteiger partial charge in [-0.3, -0.25) is 4.99 Å². The number of rotatable bonds is 5. The van der Waals surface area contributed by atoms with Crippen LogP contribution in [-0.2, 0) is 0 Å². The Morgan fingerprint density at radius 2 is 1.71 bits per heavy atom. The van der Waals surface area contributed by atoms with Gasteiger partial charge in [0, 0.05) is 12.1 Å². The van der Waals surface area contributed by atoms with E-state index in [-0.39, 0.29) is 6.23 Å². The van der Waals surface area contributed by atoms with Crippen molar-refractivity contribution in [3.63, 3.8) is 0 Å². The average Bonchev–Trinajstić information content (AvgIpc) is 3.08. The van der Waals surface area contributed by atoms with Gasteiger partial charge >= 0.3 is 0 Å². The van der Waals surface area contributed by atoms with Crippen LogP contribution in [0, 0.1) is 0 Å². The van der Waals surface area contributed by atoms with E-state index < -0.39 is 0 Å². The van der Waals surface area contributed by atoms with Crippen LogP contribution in [0.15, 0.2) is 59.6 Å². The fraction of sp³-hybridized carbons (Fsp3) is 0.235. The minimum atomic E-state index is -0.200. The summed E-state index contributed by atoms with van der Waals surface area (Å²) in [6.07, 6.45) is 1.65. The molecule has 0 fully saturated rings. The van der Waals surface area contributed by atoms with Crippen LogP contribution >= 0.6 is 0 Å². The lowest BCUT2D eigenvalue weighted by molar-refractivity contribution is 0.0850. The Morgan fingerprint density at radius 1 is 1.00 bits per heavy atom. The standard InChI is InChI=1S/C17H18N2O2/c1-20-15-9-5-6-10-16(15)21-17(19-12-11-18-13-19)14-7-3-2-4-8-14/h2-10,13,17H,11-12H2,1H3. The Morgan fingerprint density at radius 3 is 2.38 bits per heavy atom. The first-order valence-electron chi connectivity index (χ1n) is 6.99. The second kappa shape index (κ2) is 6.31. The molecule has 1 unspecified atom stereocenters. The molecule has 0 N–H and O–H groups in total. The number of para-hydroxylation sites is 2. The maximum Gasteiger partial charge on any atom is 0.199 e. The summed E-state index contributed by atoms with van der Waals surface area (Å²) in [5.74, 6) is 1.46. The molecule has 3 rings (SSSR count). The molecule has 1 aliphatic rings. The van der Waals surface area contributed by atoms with E-state index in [2.05, 4.69) is 22.0 Å². The van der Waals surface area contributed by atoms with Crippen molar-refractivity contribution in [3.05, 3.63) is 60.2 Å². The van der Waals surface area contributed by atoms with Crippen LogP contribution in [0.5, 0.6) is 11.5 Å². The smallest absolute Gasteiger partial charge is 0.199 e. The van der Waals surface area contributed by atoms with E-state index in [4.69, 9.17) is 9.47 Å². The number of hydrogen-bond donors (Lipinski definition) is 0. The highest BCUT2D eigenvalue weighted by Crippen LogP contribution is 2.32. The van der Waals surface area contributed by atoms with Crippen molar-refractivity contribution < 1.29 is 9.47 Å². The monoisotopic (exact) mass is 282 g/mol. The first-order valence-corrected chi connectivity index (χ1v) is 6.99. The largest absolute Gasteiger partial charge is 0.493 e. The summed E-state index contributed by atoms with van der Waals surface area (Å²) in [7, 11) is 1.65. The van der Waals surface area contributed by atoms with Gasteiger partial charge in [0.05, 0.1) is 20.0 Å². The van der Waals surface area contributed by atoms with E-state index in [0.29, 0.717) is 0 Å². The summed E-state index contributed by atoms with van der Waals surface area (Å²) >= 11 is 0. The van der Waals surface area contributed by atoms with Crippen LogP contribution in [-0.4, -0.2) is 31.4 Å². The van der Waals surface area contributed by atoms with Crippen LogP contribution in [0.4, 0.5) is 0 Å². The first kappa shape index (κ1) is 13.5. The van der Waals surface area contributed by atoms with Gasteiger partial charge in [0.25, 0.3) is 0 Å². The van der Waals surface area contributed by atoms with E-state index in [1.807, 2.05) is 48.8 Å². The van der Waals surface area contributed by atoms with Crippen molar-refractivity contribution in [2.24, 2.45) is 4.99 Å².